The van der Waals surface area contributed by atoms with Gasteiger partial charge in [-0.15, -0.1) is 0 Å². The summed E-state index contributed by atoms with van der Waals surface area (Å²) in [6.45, 7) is 4.22. The van der Waals surface area contributed by atoms with Gasteiger partial charge in [0.05, 0.1) is 0 Å². The van der Waals surface area contributed by atoms with E-state index in [9.17, 15) is 14.4 Å². The van der Waals surface area contributed by atoms with Crippen molar-refractivity contribution in [2.75, 3.05) is 6.54 Å². The molecule has 17 heavy (non-hydrogen) atoms. The standard InChI is InChI=1S/C12H20N2O3/c1-3-4-9(2)13-10(15)7-8-14-11(16)5-6-12(14)17/h9H,3-8H2,1-2H3,(H,13,15)/t9-/m1/s1. The average Bonchev–Trinajstić information content (AvgIpc) is 2.56. The molecule has 0 saturated carbocycles. The van der Waals surface area contributed by atoms with Crippen molar-refractivity contribution in [3.05, 3.63) is 0 Å². The van der Waals surface area contributed by atoms with Crippen LogP contribution in [0.2, 0.25) is 0 Å². The lowest BCUT2D eigenvalue weighted by Gasteiger charge is -2.15. The highest BCUT2D eigenvalue weighted by Crippen LogP contribution is 2.11. The number of carbonyl (C=O) groups is 3. The van der Waals surface area contributed by atoms with Crippen molar-refractivity contribution in [2.45, 2.75) is 52.0 Å². The topological polar surface area (TPSA) is 66.5 Å². The Bertz CT molecular complexity index is 299. The van der Waals surface area contributed by atoms with E-state index >= 15 is 0 Å². The molecular weight excluding hydrogens is 220 g/mol. The van der Waals surface area contributed by atoms with Gasteiger partial charge in [-0.05, 0) is 13.3 Å². The number of amides is 3. The predicted octanol–water partition coefficient (Wildman–Crippen LogP) is 0.830. The highest BCUT2D eigenvalue weighted by Gasteiger charge is 2.28. The Morgan fingerprint density at radius 1 is 1.35 bits per heavy atom. The van der Waals surface area contributed by atoms with Gasteiger partial charge in [-0.3, -0.25) is 19.3 Å². The van der Waals surface area contributed by atoms with Gasteiger partial charge < -0.3 is 5.32 Å². The first-order chi connectivity index (χ1) is 8.04. The maximum atomic E-state index is 11.5. The normalized spacial score (nSPS) is 17.4. The summed E-state index contributed by atoms with van der Waals surface area (Å²) in [5, 5.41) is 2.85. The lowest BCUT2D eigenvalue weighted by molar-refractivity contribution is -0.138. The fourth-order valence-corrected chi connectivity index (χ4v) is 1.94. The zero-order valence-electron chi connectivity index (χ0n) is 10.5. The number of likely N-dealkylation sites (tertiary alicyclic amines) is 1. The van der Waals surface area contributed by atoms with Crippen LogP contribution in [0.15, 0.2) is 0 Å². The quantitative estimate of drug-likeness (QED) is 0.699. The number of nitrogens with one attached hydrogen (secondary N) is 1. The van der Waals surface area contributed by atoms with Crippen LogP contribution in [-0.4, -0.2) is 35.2 Å². The van der Waals surface area contributed by atoms with Gasteiger partial charge >= 0.3 is 0 Å². The largest absolute Gasteiger partial charge is 0.354 e. The molecule has 1 heterocycles. The molecule has 0 aliphatic carbocycles. The molecule has 1 N–H and O–H groups in total. The van der Waals surface area contributed by atoms with Crippen molar-refractivity contribution in [3.63, 3.8) is 0 Å². The van der Waals surface area contributed by atoms with Crippen molar-refractivity contribution >= 4 is 17.7 Å². The molecule has 1 atom stereocenters. The number of nitrogens with zero attached hydrogens (tertiary/aromatic N) is 1. The maximum absolute atomic E-state index is 11.5. The van der Waals surface area contributed by atoms with E-state index in [0.717, 1.165) is 12.8 Å². The van der Waals surface area contributed by atoms with Gasteiger partial charge in [0.15, 0.2) is 0 Å². The second-order valence-corrected chi connectivity index (χ2v) is 4.45. The van der Waals surface area contributed by atoms with Crippen LogP contribution in [0, 0.1) is 0 Å². The van der Waals surface area contributed by atoms with Crippen molar-refractivity contribution in [3.8, 4) is 0 Å². The van der Waals surface area contributed by atoms with E-state index in [4.69, 9.17) is 0 Å². The third kappa shape index (κ3) is 4.17. The summed E-state index contributed by atoms with van der Waals surface area (Å²) in [4.78, 5) is 35.3. The molecule has 0 spiro atoms. The van der Waals surface area contributed by atoms with Crippen LogP contribution in [0.25, 0.3) is 0 Å². The Morgan fingerprint density at radius 2 is 1.94 bits per heavy atom. The summed E-state index contributed by atoms with van der Waals surface area (Å²) in [6.07, 6.45) is 2.72. The third-order valence-corrected chi connectivity index (χ3v) is 2.85. The summed E-state index contributed by atoms with van der Waals surface area (Å²) in [5.41, 5.74) is 0. The smallest absolute Gasteiger partial charge is 0.229 e. The van der Waals surface area contributed by atoms with Crippen LogP contribution in [-0.2, 0) is 14.4 Å². The van der Waals surface area contributed by atoms with Crippen LogP contribution in [0.3, 0.4) is 0 Å². The summed E-state index contributed by atoms with van der Waals surface area (Å²) in [7, 11) is 0. The van der Waals surface area contributed by atoms with Gasteiger partial charge in [0.1, 0.15) is 0 Å². The molecule has 0 aromatic heterocycles. The van der Waals surface area contributed by atoms with Crippen LogP contribution < -0.4 is 5.32 Å². The van der Waals surface area contributed by atoms with Crippen molar-refractivity contribution in [2.24, 2.45) is 0 Å². The molecule has 0 aromatic carbocycles. The molecule has 5 heteroatoms. The van der Waals surface area contributed by atoms with Crippen molar-refractivity contribution in [1.29, 1.82) is 0 Å². The molecule has 0 unspecified atom stereocenters. The highest BCUT2D eigenvalue weighted by molar-refractivity contribution is 6.02. The summed E-state index contributed by atoms with van der Waals surface area (Å²) in [5.74, 6) is -0.424. The summed E-state index contributed by atoms with van der Waals surface area (Å²) >= 11 is 0. The number of hydrogen-bond donors (Lipinski definition) is 1. The Kier molecular flexibility index (Phi) is 5.12. The maximum Gasteiger partial charge on any atom is 0.229 e. The second kappa shape index (κ2) is 6.37. The number of hydrogen-bond acceptors (Lipinski definition) is 3. The molecule has 0 radical (unpaired) electrons. The molecule has 96 valence electrons. The highest BCUT2D eigenvalue weighted by atomic mass is 16.2. The van der Waals surface area contributed by atoms with E-state index in [1.807, 2.05) is 6.92 Å². The summed E-state index contributed by atoms with van der Waals surface area (Å²) in [6, 6.07) is 0.150. The van der Waals surface area contributed by atoms with E-state index < -0.39 is 0 Å². The first-order valence-electron chi connectivity index (χ1n) is 6.17. The fraction of sp³-hybridized carbons (Fsp3) is 0.750. The minimum absolute atomic E-state index is 0.0987. The third-order valence-electron chi connectivity index (χ3n) is 2.85. The predicted molar refractivity (Wildman–Crippen MR) is 63.1 cm³/mol. The molecule has 5 nitrogen and oxygen atoms in total. The van der Waals surface area contributed by atoms with E-state index in [2.05, 4.69) is 12.2 Å². The summed E-state index contributed by atoms with van der Waals surface area (Å²) < 4.78 is 0. The molecule has 1 fully saturated rings. The molecule has 0 aromatic rings. The number of imide groups is 1. The minimum Gasteiger partial charge on any atom is -0.354 e. The van der Waals surface area contributed by atoms with E-state index in [-0.39, 0.29) is 49.6 Å². The Labute approximate surface area is 102 Å². The second-order valence-electron chi connectivity index (χ2n) is 4.45. The molecule has 1 rings (SSSR count). The Balaban J connectivity index is 2.28. The Hall–Kier alpha value is -1.39. The van der Waals surface area contributed by atoms with E-state index in [0.29, 0.717) is 0 Å². The monoisotopic (exact) mass is 240 g/mol. The van der Waals surface area contributed by atoms with Crippen LogP contribution in [0.4, 0.5) is 0 Å². The van der Waals surface area contributed by atoms with Gasteiger partial charge in [-0.1, -0.05) is 13.3 Å². The van der Waals surface area contributed by atoms with E-state index in [1.165, 1.54) is 4.90 Å². The van der Waals surface area contributed by atoms with Gasteiger partial charge in [0.25, 0.3) is 0 Å². The zero-order chi connectivity index (χ0) is 12.8. The molecule has 3 amide bonds. The van der Waals surface area contributed by atoms with Crippen molar-refractivity contribution in [1.82, 2.24) is 10.2 Å². The fourth-order valence-electron chi connectivity index (χ4n) is 1.94. The lowest BCUT2D eigenvalue weighted by Crippen LogP contribution is -2.37. The Morgan fingerprint density at radius 3 is 2.47 bits per heavy atom. The molecule has 1 saturated heterocycles. The molecular formula is C12H20N2O3. The SMILES string of the molecule is CCC[C@@H](C)NC(=O)CCN1C(=O)CCC1=O. The van der Waals surface area contributed by atoms with Gasteiger partial charge in [-0.25, -0.2) is 0 Å². The van der Waals surface area contributed by atoms with Gasteiger partial charge in [0.2, 0.25) is 17.7 Å². The zero-order valence-corrected chi connectivity index (χ0v) is 10.5. The van der Waals surface area contributed by atoms with Gasteiger partial charge in [-0.2, -0.15) is 0 Å². The van der Waals surface area contributed by atoms with Crippen LogP contribution in [0.1, 0.15) is 46.0 Å². The number of rotatable bonds is 6. The molecule has 0 bridgehead atoms. The molecule has 1 aliphatic rings. The first kappa shape index (κ1) is 13.7. The minimum atomic E-state index is -0.163. The lowest BCUT2D eigenvalue weighted by atomic mass is 10.2. The average molecular weight is 240 g/mol. The molecule has 1 aliphatic heterocycles. The number of carbonyl (C=O) groups excluding carboxylic acids is 3. The van der Waals surface area contributed by atoms with Crippen LogP contribution >= 0.6 is 0 Å². The first-order valence-corrected chi connectivity index (χ1v) is 6.17. The van der Waals surface area contributed by atoms with Crippen LogP contribution in [0.5, 0.6) is 0 Å². The van der Waals surface area contributed by atoms with Crippen molar-refractivity contribution < 1.29 is 14.4 Å². The van der Waals surface area contributed by atoms with Gasteiger partial charge in [0, 0.05) is 31.8 Å². The van der Waals surface area contributed by atoms with E-state index in [1.54, 1.807) is 0 Å².